The number of methoxy groups -OCH3 is 2. The molecule has 34 heavy (non-hydrogen) atoms. The molecule has 0 saturated heterocycles. The Bertz CT molecular complexity index is 1460. The third-order valence-electron chi connectivity index (χ3n) is 5.47. The number of ketones is 1. The lowest BCUT2D eigenvalue weighted by molar-refractivity contribution is -0.117. The summed E-state index contributed by atoms with van der Waals surface area (Å²) in [6.45, 7) is 0. The monoisotopic (exact) mass is 496 g/mol. The molecule has 1 atom stereocenters. The van der Waals surface area contributed by atoms with Crippen molar-refractivity contribution in [2.24, 2.45) is 0 Å². The van der Waals surface area contributed by atoms with Crippen LogP contribution in [0, 0.1) is 5.82 Å². The Morgan fingerprint density at radius 1 is 1.15 bits per heavy atom. The quantitative estimate of drug-likeness (QED) is 0.365. The van der Waals surface area contributed by atoms with Crippen LogP contribution in [0.1, 0.15) is 21.3 Å². The predicted molar refractivity (Wildman–Crippen MR) is 128 cm³/mol. The van der Waals surface area contributed by atoms with Gasteiger partial charge in [-0.25, -0.2) is 9.37 Å². The van der Waals surface area contributed by atoms with E-state index in [0.29, 0.717) is 32.2 Å². The van der Waals surface area contributed by atoms with Crippen LogP contribution < -0.4 is 14.4 Å². The van der Waals surface area contributed by atoms with E-state index in [9.17, 15) is 19.1 Å². The SMILES string of the molecule is COc1cccc([C@@H]2C(C(=O)c3cccs3)=C(O)C(=O)N2c2nc3ccc(F)cc3s2)c1OC. The molecule has 0 bridgehead atoms. The molecule has 0 saturated carbocycles. The smallest absolute Gasteiger partial charge is 0.296 e. The molecule has 0 radical (unpaired) electrons. The summed E-state index contributed by atoms with van der Waals surface area (Å²) in [6.07, 6.45) is 0. The number of aliphatic hydroxyl groups excluding tert-OH is 1. The van der Waals surface area contributed by atoms with E-state index in [2.05, 4.69) is 4.98 Å². The number of carbonyl (C=O) groups is 2. The summed E-state index contributed by atoms with van der Waals surface area (Å²) in [5.41, 5.74) is 0.831. The molecule has 2 aromatic carbocycles. The van der Waals surface area contributed by atoms with E-state index in [0.717, 1.165) is 11.3 Å². The average molecular weight is 497 g/mol. The number of fused-ring (bicyclic) bond motifs is 1. The average Bonchev–Trinajstić information content (AvgIpc) is 3.57. The summed E-state index contributed by atoms with van der Waals surface area (Å²) in [5, 5.41) is 12.9. The van der Waals surface area contributed by atoms with Crippen molar-refractivity contribution >= 4 is 49.7 Å². The summed E-state index contributed by atoms with van der Waals surface area (Å²) >= 11 is 2.29. The molecule has 1 aliphatic rings. The number of ether oxygens (including phenoxy) is 2. The fourth-order valence-corrected chi connectivity index (χ4v) is 5.68. The largest absolute Gasteiger partial charge is 0.503 e. The molecule has 1 aliphatic heterocycles. The van der Waals surface area contributed by atoms with Crippen LogP contribution >= 0.6 is 22.7 Å². The third-order valence-corrected chi connectivity index (χ3v) is 7.36. The highest BCUT2D eigenvalue weighted by Gasteiger charge is 2.47. The van der Waals surface area contributed by atoms with Gasteiger partial charge in [-0.3, -0.25) is 14.5 Å². The Balaban J connectivity index is 1.74. The van der Waals surface area contributed by atoms with Gasteiger partial charge in [0, 0.05) is 5.56 Å². The van der Waals surface area contributed by atoms with Gasteiger partial charge in [-0.05, 0) is 35.7 Å². The fraction of sp³-hybridized carbons (Fsp3) is 0.125. The zero-order chi connectivity index (χ0) is 24.0. The molecule has 0 unspecified atom stereocenters. The van der Waals surface area contributed by atoms with Crippen molar-refractivity contribution in [3.05, 3.63) is 81.5 Å². The predicted octanol–water partition coefficient (Wildman–Crippen LogP) is 5.30. The molecule has 0 fully saturated rings. The second-order valence-corrected chi connectivity index (χ2v) is 9.29. The number of benzene rings is 2. The molecule has 1 N–H and O–H groups in total. The topological polar surface area (TPSA) is 89.0 Å². The first-order chi connectivity index (χ1) is 16.4. The Labute approximate surface area is 201 Å². The maximum atomic E-state index is 13.8. The number of hydrogen-bond acceptors (Lipinski definition) is 8. The van der Waals surface area contributed by atoms with E-state index in [1.54, 1.807) is 35.7 Å². The molecule has 2 aromatic heterocycles. The number of para-hydroxylation sites is 1. The summed E-state index contributed by atoms with van der Waals surface area (Å²) < 4.78 is 25.3. The van der Waals surface area contributed by atoms with E-state index in [4.69, 9.17) is 9.47 Å². The minimum atomic E-state index is -1.04. The van der Waals surface area contributed by atoms with Crippen molar-refractivity contribution in [2.75, 3.05) is 19.1 Å². The van der Waals surface area contributed by atoms with Gasteiger partial charge in [0.15, 0.2) is 22.4 Å². The van der Waals surface area contributed by atoms with Crippen molar-refractivity contribution in [1.82, 2.24) is 4.98 Å². The molecule has 7 nitrogen and oxygen atoms in total. The van der Waals surface area contributed by atoms with E-state index in [-0.39, 0.29) is 10.7 Å². The highest BCUT2D eigenvalue weighted by molar-refractivity contribution is 7.22. The van der Waals surface area contributed by atoms with Crippen molar-refractivity contribution in [3.8, 4) is 11.5 Å². The zero-order valence-electron chi connectivity index (χ0n) is 17.9. The number of carbonyl (C=O) groups excluding carboxylic acids is 2. The first-order valence-corrected chi connectivity index (χ1v) is 11.8. The molecule has 0 aliphatic carbocycles. The summed E-state index contributed by atoms with van der Waals surface area (Å²) in [5.74, 6) is -1.66. The number of hydrogen-bond donors (Lipinski definition) is 1. The van der Waals surface area contributed by atoms with E-state index in [1.807, 2.05) is 0 Å². The van der Waals surface area contributed by atoms with Crippen molar-refractivity contribution in [3.63, 3.8) is 0 Å². The van der Waals surface area contributed by atoms with Gasteiger partial charge < -0.3 is 14.6 Å². The van der Waals surface area contributed by atoms with Crippen LogP contribution in [0.4, 0.5) is 9.52 Å². The number of thiazole rings is 1. The van der Waals surface area contributed by atoms with Crippen molar-refractivity contribution in [2.45, 2.75) is 6.04 Å². The molecule has 10 heteroatoms. The maximum absolute atomic E-state index is 13.8. The van der Waals surface area contributed by atoms with Gasteiger partial charge in [-0.15, -0.1) is 11.3 Å². The summed E-state index contributed by atoms with van der Waals surface area (Å²) in [6, 6.07) is 11.5. The molecule has 1 amide bonds. The van der Waals surface area contributed by atoms with Gasteiger partial charge in [0.1, 0.15) is 11.9 Å². The lowest BCUT2D eigenvalue weighted by Crippen LogP contribution is -2.31. The number of aromatic nitrogens is 1. The number of anilines is 1. The van der Waals surface area contributed by atoms with Crippen molar-refractivity contribution < 1.29 is 28.6 Å². The highest BCUT2D eigenvalue weighted by Crippen LogP contribution is 2.48. The van der Waals surface area contributed by atoms with Crippen LogP contribution in [0.3, 0.4) is 0 Å². The van der Waals surface area contributed by atoms with E-state index in [1.165, 1.54) is 48.7 Å². The van der Waals surface area contributed by atoms with Gasteiger partial charge in [0.05, 0.1) is 34.9 Å². The van der Waals surface area contributed by atoms with Crippen LogP contribution in [-0.4, -0.2) is 36.0 Å². The Hall–Kier alpha value is -3.76. The molecule has 172 valence electrons. The molecule has 0 spiro atoms. The number of aliphatic hydroxyl groups is 1. The Morgan fingerprint density at radius 3 is 2.68 bits per heavy atom. The first-order valence-electron chi connectivity index (χ1n) is 10.1. The number of rotatable bonds is 6. The number of halogens is 1. The molecule has 5 rings (SSSR count). The lowest BCUT2D eigenvalue weighted by atomic mass is 9.94. The lowest BCUT2D eigenvalue weighted by Gasteiger charge is -2.26. The second kappa shape index (κ2) is 8.54. The molecular formula is C24H17FN2O5S2. The van der Waals surface area contributed by atoms with Gasteiger partial charge in [-0.2, -0.15) is 0 Å². The number of thiophene rings is 1. The van der Waals surface area contributed by atoms with E-state index >= 15 is 0 Å². The van der Waals surface area contributed by atoms with Crippen LogP contribution in [0.25, 0.3) is 10.2 Å². The highest BCUT2D eigenvalue weighted by atomic mass is 32.1. The van der Waals surface area contributed by atoms with Crippen LogP contribution in [-0.2, 0) is 4.79 Å². The first kappa shape index (κ1) is 22.1. The minimum absolute atomic E-state index is 0.0931. The molecular weight excluding hydrogens is 479 g/mol. The Kier molecular flexibility index (Phi) is 5.54. The Morgan fingerprint density at radius 2 is 1.97 bits per heavy atom. The van der Waals surface area contributed by atoms with Crippen molar-refractivity contribution in [1.29, 1.82) is 0 Å². The van der Waals surface area contributed by atoms with Crippen LogP contribution in [0.15, 0.2) is 65.2 Å². The standard InChI is InChI=1S/C24H17FN2O5S2/c1-31-15-6-3-5-13(22(15)32-2)19-18(20(28)16-7-4-10-33-16)21(29)23(30)27(19)24-26-14-9-8-12(25)11-17(14)34-24/h3-11,19,29H,1-2H3/t19-/m1/s1. The van der Waals surface area contributed by atoms with Gasteiger partial charge in [0.25, 0.3) is 5.91 Å². The van der Waals surface area contributed by atoms with E-state index < -0.39 is 29.3 Å². The molecule has 4 aromatic rings. The fourth-order valence-electron chi connectivity index (χ4n) is 3.99. The number of amides is 1. The van der Waals surface area contributed by atoms with Crippen LogP contribution in [0.2, 0.25) is 0 Å². The number of Topliss-reactive ketones (excluding diaryl/α,β-unsaturated/α-hetero) is 1. The van der Waals surface area contributed by atoms with Crippen LogP contribution in [0.5, 0.6) is 11.5 Å². The molecule has 3 heterocycles. The summed E-state index contributed by atoms with van der Waals surface area (Å²) in [4.78, 5) is 32.9. The normalized spacial score (nSPS) is 15.9. The third kappa shape index (κ3) is 3.42. The minimum Gasteiger partial charge on any atom is -0.503 e. The van der Waals surface area contributed by atoms with Gasteiger partial charge in [-0.1, -0.05) is 29.5 Å². The number of nitrogens with zero attached hydrogens (tertiary/aromatic N) is 2. The zero-order valence-corrected chi connectivity index (χ0v) is 19.6. The van der Waals surface area contributed by atoms with Gasteiger partial charge >= 0.3 is 0 Å². The van der Waals surface area contributed by atoms with Gasteiger partial charge in [0.2, 0.25) is 5.78 Å². The second-order valence-electron chi connectivity index (χ2n) is 7.34. The summed E-state index contributed by atoms with van der Waals surface area (Å²) in [7, 11) is 2.93. The maximum Gasteiger partial charge on any atom is 0.296 e.